The average Bonchev–Trinajstić information content (AvgIpc) is 2.27. The van der Waals surface area contributed by atoms with Crippen molar-refractivity contribution in [2.24, 2.45) is 0 Å². The lowest BCUT2D eigenvalue weighted by Gasteiger charge is -2.05. The molecule has 1 N–H and O–H groups in total. The number of aromatic carboxylic acids is 1. The summed E-state index contributed by atoms with van der Waals surface area (Å²) in [5.74, 6) is -0.634. The van der Waals surface area contributed by atoms with Crippen molar-refractivity contribution in [3.8, 4) is 11.4 Å². The molecule has 0 aliphatic rings. The van der Waals surface area contributed by atoms with E-state index < -0.39 is 5.97 Å². The predicted molar refractivity (Wildman–Crippen MR) is 66.4 cm³/mol. The lowest BCUT2D eigenvalue weighted by Crippen LogP contribution is -2.06. The highest BCUT2D eigenvalue weighted by molar-refractivity contribution is 5.87. The third kappa shape index (κ3) is 2.34. The zero-order valence-electron chi connectivity index (χ0n) is 10.4. The Hall–Kier alpha value is -2.30. The van der Waals surface area contributed by atoms with Gasteiger partial charge in [0.15, 0.2) is 11.5 Å². The Balaban J connectivity index is 2.57. The molecule has 0 amide bonds. The second kappa shape index (κ2) is 4.52. The highest BCUT2D eigenvalue weighted by atomic mass is 16.4. The lowest BCUT2D eigenvalue weighted by molar-refractivity contribution is 0.0689. The van der Waals surface area contributed by atoms with Crippen molar-refractivity contribution in [3.63, 3.8) is 0 Å². The summed E-state index contributed by atoms with van der Waals surface area (Å²) < 4.78 is 0. The van der Waals surface area contributed by atoms with Gasteiger partial charge in [0.2, 0.25) is 0 Å². The Kier molecular flexibility index (Phi) is 3.06. The van der Waals surface area contributed by atoms with E-state index in [1.807, 2.05) is 26.0 Å². The SMILES string of the molecule is Cc1cc(-c2ncc(C)c(C(=O)O)n2)cc(C)n1. The smallest absolute Gasteiger partial charge is 0.354 e. The summed E-state index contributed by atoms with van der Waals surface area (Å²) >= 11 is 0. The van der Waals surface area contributed by atoms with Gasteiger partial charge >= 0.3 is 5.97 Å². The summed E-state index contributed by atoms with van der Waals surface area (Å²) in [6.45, 7) is 5.43. The fourth-order valence-corrected chi connectivity index (χ4v) is 1.76. The van der Waals surface area contributed by atoms with E-state index in [2.05, 4.69) is 15.0 Å². The topological polar surface area (TPSA) is 76.0 Å². The molecule has 2 aromatic rings. The van der Waals surface area contributed by atoms with E-state index in [-0.39, 0.29) is 5.69 Å². The Morgan fingerprint density at radius 1 is 1.11 bits per heavy atom. The Morgan fingerprint density at radius 2 is 1.72 bits per heavy atom. The van der Waals surface area contributed by atoms with Gasteiger partial charge in [-0.3, -0.25) is 4.98 Å². The van der Waals surface area contributed by atoms with Gasteiger partial charge in [0.25, 0.3) is 0 Å². The van der Waals surface area contributed by atoms with E-state index in [0.717, 1.165) is 17.0 Å². The molecule has 0 atom stereocenters. The number of nitrogens with zero attached hydrogens (tertiary/aromatic N) is 3. The van der Waals surface area contributed by atoms with E-state index in [0.29, 0.717) is 11.4 Å². The minimum absolute atomic E-state index is 0.0344. The average molecular weight is 243 g/mol. The van der Waals surface area contributed by atoms with Crippen LogP contribution in [0.25, 0.3) is 11.4 Å². The molecule has 92 valence electrons. The third-order valence-corrected chi connectivity index (χ3v) is 2.51. The molecule has 0 saturated carbocycles. The van der Waals surface area contributed by atoms with Crippen molar-refractivity contribution < 1.29 is 9.90 Å². The number of aromatic nitrogens is 3. The maximum Gasteiger partial charge on any atom is 0.354 e. The van der Waals surface area contributed by atoms with Crippen molar-refractivity contribution in [2.45, 2.75) is 20.8 Å². The second-order valence-electron chi connectivity index (χ2n) is 4.17. The van der Waals surface area contributed by atoms with E-state index in [1.54, 1.807) is 6.92 Å². The van der Waals surface area contributed by atoms with Crippen LogP contribution >= 0.6 is 0 Å². The first-order valence-corrected chi connectivity index (χ1v) is 5.50. The van der Waals surface area contributed by atoms with Gasteiger partial charge in [0, 0.05) is 28.7 Å². The van der Waals surface area contributed by atoms with Gasteiger partial charge in [-0.15, -0.1) is 0 Å². The minimum Gasteiger partial charge on any atom is -0.477 e. The van der Waals surface area contributed by atoms with Crippen molar-refractivity contribution in [1.29, 1.82) is 0 Å². The first-order chi connectivity index (χ1) is 8.47. The number of rotatable bonds is 2. The molecular weight excluding hydrogens is 230 g/mol. The van der Waals surface area contributed by atoms with Crippen LogP contribution in [0.2, 0.25) is 0 Å². The molecule has 0 aromatic carbocycles. The number of carboxylic acid groups (broad SMARTS) is 1. The highest BCUT2D eigenvalue weighted by Crippen LogP contribution is 2.18. The fourth-order valence-electron chi connectivity index (χ4n) is 1.76. The predicted octanol–water partition coefficient (Wildman–Crippen LogP) is 2.16. The van der Waals surface area contributed by atoms with Gasteiger partial charge in [0.1, 0.15) is 0 Å². The van der Waals surface area contributed by atoms with Gasteiger partial charge in [0.05, 0.1) is 0 Å². The lowest BCUT2D eigenvalue weighted by atomic mass is 10.1. The molecule has 0 bridgehead atoms. The molecule has 2 heterocycles. The number of pyridine rings is 1. The molecule has 5 nitrogen and oxygen atoms in total. The normalized spacial score (nSPS) is 10.4. The van der Waals surface area contributed by atoms with Crippen molar-refractivity contribution >= 4 is 5.97 Å². The van der Waals surface area contributed by atoms with E-state index in [4.69, 9.17) is 5.11 Å². The van der Waals surface area contributed by atoms with E-state index in [9.17, 15) is 4.79 Å². The van der Waals surface area contributed by atoms with E-state index >= 15 is 0 Å². The summed E-state index contributed by atoms with van der Waals surface area (Å²) in [6.07, 6.45) is 1.52. The van der Waals surface area contributed by atoms with Crippen LogP contribution in [-0.2, 0) is 0 Å². The molecule has 0 aliphatic carbocycles. The fraction of sp³-hybridized carbons (Fsp3) is 0.231. The number of hydrogen-bond donors (Lipinski definition) is 1. The highest BCUT2D eigenvalue weighted by Gasteiger charge is 2.12. The molecule has 0 saturated heterocycles. The van der Waals surface area contributed by atoms with Crippen LogP contribution in [0.4, 0.5) is 0 Å². The molecule has 5 heteroatoms. The minimum atomic E-state index is -1.04. The summed E-state index contributed by atoms with van der Waals surface area (Å²) in [5, 5.41) is 9.04. The number of carbonyl (C=O) groups is 1. The van der Waals surface area contributed by atoms with Crippen LogP contribution in [0.1, 0.15) is 27.4 Å². The monoisotopic (exact) mass is 243 g/mol. The van der Waals surface area contributed by atoms with Crippen LogP contribution in [-0.4, -0.2) is 26.0 Å². The van der Waals surface area contributed by atoms with Gasteiger partial charge in [-0.25, -0.2) is 14.8 Å². The van der Waals surface area contributed by atoms with Gasteiger partial charge in [-0.05, 0) is 32.9 Å². The standard InChI is InChI=1S/C13H13N3O2/c1-7-6-14-12(16-11(7)13(17)18)10-4-8(2)15-9(3)5-10/h4-6H,1-3H3,(H,17,18). The van der Waals surface area contributed by atoms with Gasteiger partial charge in [-0.1, -0.05) is 0 Å². The molecule has 18 heavy (non-hydrogen) atoms. The van der Waals surface area contributed by atoms with Crippen LogP contribution in [0, 0.1) is 20.8 Å². The maximum atomic E-state index is 11.0. The molecule has 0 fully saturated rings. The molecule has 0 aliphatic heterocycles. The number of carboxylic acids is 1. The van der Waals surface area contributed by atoms with Gasteiger partial charge in [-0.2, -0.15) is 0 Å². The van der Waals surface area contributed by atoms with Gasteiger partial charge < -0.3 is 5.11 Å². The van der Waals surface area contributed by atoms with Crippen molar-refractivity contribution in [3.05, 3.63) is 41.0 Å². The van der Waals surface area contributed by atoms with E-state index in [1.165, 1.54) is 6.20 Å². The molecule has 2 aromatic heterocycles. The van der Waals surface area contributed by atoms with Crippen LogP contribution in [0.15, 0.2) is 18.3 Å². The largest absolute Gasteiger partial charge is 0.477 e. The number of aryl methyl sites for hydroxylation is 3. The molecule has 0 unspecified atom stereocenters. The van der Waals surface area contributed by atoms with Crippen LogP contribution in [0.5, 0.6) is 0 Å². The maximum absolute atomic E-state index is 11.0. The Morgan fingerprint density at radius 3 is 2.28 bits per heavy atom. The summed E-state index contributed by atoms with van der Waals surface area (Å²) in [5.41, 5.74) is 3.07. The number of hydrogen-bond acceptors (Lipinski definition) is 4. The summed E-state index contributed by atoms with van der Waals surface area (Å²) in [4.78, 5) is 23.6. The Labute approximate surface area is 105 Å². The van der Waals surface area contributed by atoms with Crippen molar-refractivity contribution in [2.75, 3.05) is 0 Å². The van der Waals surface area contributed by atoms with Crippen LogP contribution in [0.3, 0.4) is 0 Å². The first kappa shape index (κ1) is 12.2. The molecule has 2 rings (SSSR count). The summed E-state index contributed by atoms with van der Waals surface area (Å²) in [7, 11) is 0. The zero-order valence-corrected chi connectivity index (χ0v) is 10.4. The molecule has 0 radical (unpaired) electrons. The van der Waals surface area contributed by atoms with Crippen LogP contribution < -0.4 is 0 Å². The quantitative estimate of drug-likeness (QED) is 0.874. The van der Waals surface area contributed by atoms with Crippen molar-refractivity contribution in [1.82, 2.24) is 15.0 Å². The second-order valence-corrected chi connectivity index (χ2v) is 4.17. The Bertz CT molecular complexity index is 603. The molecular formula is C13H13N3O2. The summed E-state index contributed by atoms with van der Waals surface area (Å²) in [6, 6.07) is 3.67. The first-order valence-electron chi connectivity index (χ1n) is 5.50. The zero-order chi connectivity index (χ0) is 13.3. The third-order valence-electron chi connectivity index (χ3n) is 2.51. The molecule has 0 spiro atoms.